The molecular weight excluding hydrogens is 662 g/mol. The Bertz CT molecular complexity index is 1310. The van der Waals surface area contributed by atoms with Gasteiger partial charge in [-0.2, -0.15) is 11.8 Å². The lowest BCUT2D eigenvalue weighted by molar-refractivity contribution is -0.140. The molecule has 1 aliphatic rings. The van der Waals surface area contributed by atoms with Crippen molar-refractivity contribution >= 4 is 81.6 Å². The first kappa shape index (κ1) is 48.2. The summed E-state index contributed by atoms with van der Waals surface area (Å²) in [6.45, 7) is 8.17. The lowest BCUT2D eigenvalue weighted by atomic mass is 10.0. The summed E-state index contributed by atoms with van der Waals surface area (Å²) in [5, 5.41) is 9.38. The van der Waals surface area contributed by atoms with E-state index >= 15 is 0 Å². The molecule has 2 N–H and O–H groups in total. The molecule has 0 saturated heterocycles. The predicted molar refractivity (Wildman–Crippen MR) is 199 cm³/mol. The highest BCUT2D eigenvalue weighted by molar-refractivity contribution is 8.13. The molecular formula is C35H50FNO7S3. The Kier molecular flexibility index (Phi) is 30.9. The number of Topliss-reactive ketones (excluding diaryl/α,β-unsaturated/α-hetero) is 1. The normalized spacial score (nSPS) is 11.1. The molecule has 0 heterocycles. The molecule has 2 aromatic rings. The van der Waals surface area contributed by atoms with Crippen LogP contribution in [0.15, 0.2) is 52.9 Å². The Labute approximate surface area is 292 Å². The molecule has 0 aromatic heterocycles. The van der Waals surface area contributed by atoms with Crippen molar-refractivity contribution in [2.24, 2.45) is 0 Å². The van der Waals surface area contributed by atoms with Crippen LogP contribution in [0.2, 0.25) is 0 Å². The minimum atomic E-state index is -0.440. The lowest BCUT2D eigenvalue weighted by Gasteiger charge is -2.05. The van der Waals surface area contributed by atoms with Gasteiger partial charge in [-0.3, -0.25) is 14.4 Å². The topological polar surface area (TPSA) is 127 Å². The maximum absolute atomic E-state index is 13.8. The minimum absolute atomic E-state index is 0.0498. The van der Waals surface area contributed by atoms with Crippen molar-refractivity contribution in [1.82, 2.24) is 5.32 Å². The van der Waals surface area contributed by atoms with Crippen molar-refractivity contribution in [3.8, 4) is 0 Å². The minimum Gasteiger partial charge on any atom is -0.468 e. The fraction of sp³-hybridized carbons (Fsp3) is 0.400. The number of hydrogen-bond acceptors (Lipinski definition) is 10. The number of fused-ring (bicyclic) bond motifs is 1. The molecule has 0 fully saturated rings. The zero-order valence-corrected chi connectivity index (χ0v) is 31.8. The maximum Gasteiger partial charge on any atom is 0.325 e. The molecule has 0 atom stereocenters. The summed E-state index contributed by atoms with van der Waals surface area (Å²) in [5.41, 5.74) is 5.98. The average molecular weight is 712 g/mol. The summed E-state index contributed by atoms with van der Waals surface area (Å²) in [7, 11) is 2.27. The second-order valence-electron chi connectivity index (χ2n) is 9.25. The Balaban J connectivity index is -0.000000724. The van der Waals surface area contributed by atoms with Crippen LogP contribution in [0.4, 0.5) is 4.39 Å². The Morgan fingerprint density at radius 3 is 1.85 bits per heavy atom. The van der Waals surface area contributed by atoms with Gasteiger partial charge in [0, 0.05) is 31.8 Å². The number of halogens is 1. The van der Waals surface area contributed by atoms with Gasteiger partial charge in [0.2, 0.25) is 5.91 Å². The first-order chi connectivity index (χ1) is 22.3. The van der Waals surface area contributed by atoms with Gasteiger partial charge in [0.05, 0.1) is 7.11 Å². The number of allylic oxidation sites excluding steroid dienone is 3. The molecule has 0 saturated carbocycles. The summed E-state index contributed by atoms with van der Waals surface area (Å²) < 4.78 is 18.0. The SMILES string of the molecule is CC(C)=O.CCC=O.CO.COC(=O)CNC(C)=O.CSC.CSC(=O)CC1=C(C)/C(=C/c2ccc(SC)cc2)c2ccc(F)cc21. The molecule has 12 heteroatoms. The first-order valence-corrected chi connectivity index (χ1v) is 18.3. The second kappa shape index (κ2) is 30.2. The standard InChI is InChI=1S/C21H19FOS2.C5H9NO3.2C3H6O.C2H6S.CH4O/c1-13-18(10-14-4-7-16(24-2)8-5-14)17-9-6-15(22)11-20(17)19(13)12-21(23)25-3;1-4(7)6-3-5(8)9-2;1-3(2)4;1-2-3-4;1-3-2;1-2/h4-11H,12H2,1-3H3;3H2,1-2H3,(H,6,7);1-2H3;3H,2H2,1H3;1-2H3;2H,1H3/b18-10-;;;;;. The van der Waals surface area contributed by atoms with Crippen molar-refractivity contribution in [1.29, 1.82) is 0 Å². The molecule has 1 aliphatic carbocycles. The van der Waals surface area contributed by atoms with Gasteiger partial charge in [-0.1, -0.05) is 36.9 Å². The van der Waals surface area contributed by atoms with E-state index < -0.39 is 5.97 Å². The summed E-state index contributed by atoms with van der Waals surface area (Å²) in [4.78, 5) is 52.2. The van der Waals surface area contributed by atoms with Crippen molar-refractivity contribution < 1.29 is 38.2 Å². The number of amides is 1. The molecule has 0 radical (unpaired) electrons. The number of carbonyl (C=O) groups is 5. The highest BCUT2D eigenvalue weighted by Gasteiger charge is 2.25. The fourth-order valence-corrected chi connectivity index (χ4v) is 4.03. The Hall–Kier alpha value is -3.19. The number of carbonyl (C=O) groups excluding carboxylic acids is 5. The molecule has 0 unspecified atom stereocenters. The number of nitrogens with one attached hydrogen (secondary N) is 1. The average Bonchev–Trinajstić information content (AvgIpc) is 3.30. The van der Waals surface area contributed by atoms with E-state index in [1.807, 2.05) is 32.4 Å². The predicted octanol–water partition coefficient (Wildman–Crippen LogP) is 7.23. The number of benzene rings is 2. The second-order valence-corrected chi connectivity index (χ2v) is 11.8. The number of methoxy groups -OCH3 is 1. The van der Waals surface area contributed by atoms with Gasteiger partial charge in [0.25, 0.3) is 0 Å². The summed E-state index contributed by atoms with van der Waals surface area (Å²) in [6.07, 6.45) is 11.9. The number of ether oxygens (including phenoxy) is 1. The Morgan fingerprint density at radius 1 is 0.936 bits per heavy atom. The molecule has 1 amide bonds. The van der Waals surface area contributed by atoms with E-state index in [-0.39, 0.29) is 29.2 Å². The molecule has 3 rings (SSSR count). The van der Waals surface area contributed by atoms with Crippen LogP contribution in [0, 0.1) is 5.82 Å². The molecule has 2 aromatic carbocycles. The molecule has 0 bridgehead atoms. The highest BCUT2D eigenvalue weighted by atomic mass is 32.2. The van der Waals surface area contributed by atoms with Crippen LogP contribution in [0.3, 0.4) is 0 Å². The van der Waals surface area contributed by atoms with Crippen LogP contribution >= 0.6 is 35.3 Å². The third kappa shape index (κ3) is 22.9. The summed E-state index contributed by atoms with van der Waals surface area (Å²) in [6, 6.07) is 13.2. The number of ketones is 1. The summed E-state index contributed by atoms with van der Waals surface area (Å²) >= 11 is 4.67. The Morgan fingerprint density at radius 2 is 1.45 bits per heavy atom. The number of esters is 1. The molecule has 47 heavy (non-hydrogen) atoms. The van der Waals surface area contributed by atoms with Gasteiger partial charge in [-0.05, 0) is 110 Å². The van der Waals surface area contributed by atoms with E-state index in [0.29, 0.717) is 12.8 Å². The smallest absolute Gasteiger partial charge is 0.325 e. The highest BCUT2D eigenvalue weighted by Crippen LogP contribution is 2.44. The van der Waals surface area contributed by atoms with E-state index in [1.165, 1.54) is 50.6 Å². The number of rotatable bonds is 7. The zero-order chi connectivity index (χ0) is 36.9. The molecule has 0 aliphatic heterocycles. The van der Waals surface area contributed by atoms with Gasteiger partial charge >= 0.3 is 5.97 Å². The van der Waals surface area contributed by atoms with Crippen LogP contribution in [0.25, 0.3) is 17.2 Å². The van der Waals surface area contributed by atoms with Gasteiger partial charge in [0.1, 0.15) is 24.4 Å². The molecule has 0 spiro atoms. The number of hydrogen-bond donors (Lipinski definition) is 2. The monoisotopic (exact) mass is 711 g/mol. The van der Waals surface area contributed by atoms with Gasteiger partial charge < -0.3 is 24.7 Å². The van der Waals surface area contributed by atoms with Crippen molar-refractivity contribution in [2.75, 3.05) is 45.8 Å². The quantitative estimate of drug-likeness (QED) is 0.173. The van der Waals surface area contributed by atoms with Crippen LogP contribution in [0.5, 0.6) is 0 Å². The van der Waals surface area contributed by atoms with Gasteiger partial charge in [0.15, 0.2) is 5.12 Å². The first-order valence-electron chi connectivity index (χ1n) is 14.3. The number of aliphatic hydroxyl groups is 1. The van der Waals surface area contributed by atoms with Crippen LogP contribution < -0.4 is 5.32 Å². The van der Waals surface area contributed by atoms with E-state index in [4.69, 9.17) is 5.11 Å². The van der Waals surface area contributed by atoms with Crippen LogP contribution in [-0.2, 0) is 28.7 Å². The van der Waals surface area contributed by atoms with Crippen molar-refractivity contribution in [3.63, 3.8) is 0 Å². The third-order valence-electron chi connectivity index (χ3n) is 5.31. The van der Waals surface area contributed by atoms with E-state index in [9.17, 15) is 28.4 Å². The third-order valence-corrected chi connectivity index (χ3v) is 6.65. The van der Waals surface area contributed by atoms with E-state index in [2.05, 4.69) is 46.7 Å². The maximum atomic E-state index is 13.8. The van der Waals surface area contributed by atoms with Crippen LogP contribution in [-0.4, -0.2) is 80.0 Å². The van der Waals surface area contributed by atoms with Crippen molar-refractivity contribution in [2.45, 2.75) is 52.4 Å². The van der Waals surface area contributed by atoms with Gasteiger partial charge in [-0.15, -0.1) is 11.8 Å². The fourth-order valence-electron chi connectivity index (χ4n) is 3.33. The van der Waals surface area contributed by atoms with E-state index in [1.54, 1.807) is 35.8 Å². The largest absolute Gasteiger partial charge is 0.468 e. The number of aliphatic hydroxyl groups excluding tert-OH is 1. The molecule has 8 nitrogen and oxygen atoms in total. The molecule has 262 valence electrons. The summed E-state index contributed by atoms with van der Waals surface area (Å²) in [5.74, 6) is -0.781. The lowest BCUT2D eigenvalue weighted by Crippen LogP contribution is -2.27. The number of aldehydes is 1. The van der Waals surface area contributed by atoms with Crippen molar-refractivity contribution in [3.05, 3.63) is 70.5 Å². The zero-order valence-electron chi connectivity index (χ0n) is 29.3. The van der Waals surface area contributed by atoms with Crippen LogP contribution in [0.1, 0.15) is 64.2 Å². The van der Waals surface area contributed by atoms with E-state index in [0.717, 1.165) is 46.8 Å². The number of thioether (sulfide) groups is 3. The van der Waals surface area contributed by atoms with Gasteiger partial charge in [-0.25, -0.2) is 4.39 Å².